The Morgan fingerprint density at radius 3 is 1.46 bits per heavy atom. The Morgan fingerprint density at radius 2 is 1.08 bits per heavy atom. The SMILES string of the molecule is C1=CC(=CCC=C2C=CC=C2)C=C1. The Labute approximate surface area is 79.0 Å². The van der Waals surface area contributed by atoms with E-state index < -0.39 is 0 Å². The van der Waals surface area contributed by atoms with E-state index in [-0.39, 0.29) is 0 Å². The van der Waals surface area contributed by atoms with Gasteiger partial charge in [-0.15, -0.1) is 0 Å². The van der Waals surface area contributed by atoms with Gasteiger partial charge in [-0.25, -0.2) is 0 Å². The summed E-state index contributed by atoms with van der Waals surface area (Å²) in [4.78, 5) is 0. The van der Waals surface area contributed by atoms with Crippen molar-refractivity contribution in [1.82, 2.24) is 0 Å². The van der Waals surface area contributed by atoms with Gasteiger partial charge in [-0.2, -0.15) is 0 Å². The average molecular weight is 168 g/mol. The van der Waals surface area contributed by atoms with E-state index in [9.17, 15) is 0 Å². The quantitative estimate of drug-likeness (QED) is 0.592. The molecule has 0 aromatic rings. The fraction of sp³-hybridized carbons (Fsp3) is 0.0769. The van der Waals surface area contributed by atoms with Crippen molar-refractivity contribution in [2.75, 3.05) is 0 Å². The Balaban J connectivity index is 1.93. The van der Waals surface area contributed by atoms with Crippen LogP contribution in [0.25, 0.3) is 0 Å². The number of hydrogen-bond acceptors (Lipinski definition) is 0. The molecule has 0 radical (unpaired) electrons. The third-order valence-electron chi connectivity index (χ3n) is 2.08. The first-order valence-corrected chi connectivity index (χ1v) is 4.55. The van der Waals surface area contributed by atoms with E-state index in [1.165, 1.54) is 11.1 Å². The second-order valence-electron chi connectivity index (χ2n) is 3.08. The lowest BCUT2D eigenvalue weighted by Gasteiger charge is -1.89. The zero-order chi connectivity index (χ0) is 8.93. The molecule has 0 N–H and O–H groups in total. The molecule has 0 unspecified atom stereocenters. The van der Waals surface area contributed by atoms with Crippen molar-refractivity contribution in [3.8, 4) is 0 Å². The second kappa shape index (κ2) is 3.90. The van der Waals surface area contributed by atoms with Crippen LogP contribution in [0.15, 0.2) is 71.9 Å². The molecule has 2 aliphatic rings. The molecule has 13 heavy (non-hydrogen) atoms. The van der Waals surface area contributed by atoms with Crippen molar-refractivity contribution >= 4 is 0 Å². The minimum absolute atomic E-state index is 1.01. The first-order valence-electron chi connectivity index (χ1n) is 4.55. The molecule has 0 saturated heterocycles. The lowest BCUT2D eigenvalue weighted by atomic mass is 10.2. The predicted octanol–water partition coefficient (Wildman–Crippen LogP) is 3.48. The van der Waals surface area contributed by atoms with Crippen LogP contribution in [0.3, 0.4) is 0 Å². The third-order valence-corrected chi connectivity index (χ3v) is 2.08. The maximum atomic E-state index is 2.23. The minimum Gasteiger partial charge on any atom is -0.0734 e. The van der Waals surface area contributed by atoms with Crippen LogP contribution < -0.4 is 0 Å². The van der Waals surface area contributed by atoms with Gasteiger partial charge in [0, 0.05) is 0 Å². The van der Waals surface area contributed by atoms with Crippen LogP contribution in [0.1, 0.15) is 6.42 Å². The lowest BCUT2D eigenvalue weighted by Crippen LogP contribution is -1.69. The first-order chi connectivity index (χ1) is 6.45. The minimum atomic E-state index is 1.01. The Kier molecular flexibility index (Phi) is 2.42. The van der Waals surface area contributed by atoms with Crippen LogP contribution in [-0.4, -0.2) is 0 Å². The smallest absolute Gasteiger partial charge is 0.0151 e. The highest BCUT2D eigenvalue weighted by Gasteiger charge is 1.91. The summed E-state index contributed by atoms with van der Waals surface area (Å²) < 4.78 is 0. The molecular weight excluding hydrogens is 156 g/mol. The van der Waals surface area contributed by atoms with Gasteiger partial charge >= 0.3 is 0 Å². The topological polar surface area (TPSA) is 0 Å². The summed E-state index contributed by atoms with van der Waals surface area (Å²) in [5.74, 6) is 0. The van der Waals surface area contributed by atoms with Gasteiger partial charge in [0.25, 0.3) is 0 Å². The van der Waals surface area contributed by atoms with Crippen LogP contribution in [0.2, 0.25) is 0 Å². The van der Waals surface area contributed by atoms with Gasteiger partial charge < -0.3 is 0 Å². The molecule has 64 valence electrons. The van der Waals surface area contributed by atoms with E-state index in [2.05, 4.69) is 60.8 Å². The van der Waals surface area contributed by atoms with Crippen LogP contribution >= 0.6 is 0 Å². The Morgan fingerprint density at radius 1 is 0.692 bits per heavy atom. The van der Waals surface area contributed by atoms with Crippen molar-refractivity contribution in [2.24, 2.45) is 0 Å². The summed E-state index contributed by atoms with van der Waals surface area (Å²) in [5, 5.41) is 0. The summed E-state index contributed by atoms with van der Waals surface area (Å²) in [6.45, 7) is 0. The summed E-state index contributed by atoms with van der Waals surface area (Å²) in [6.07, 6.45) is 22.2. The number of allylic oxidation sites excluding steroid dienone is 12. The molecule has 0 saturated carbocycles. The fourth-order valence-corrected chi connectivity index (χ4v) is 1.38. The van der Waals surface area contributed by atoms with E-state index in [1.807, 2.05) is 0 Å². The molecule has 0 atom stereocenters. The molecule has 0 amide bonds. The molecule has 0 heterocycles. The summed E-state index contributed by atoms with van der Waals surface area (Å²) in [5.41, 5.74) is 2.62. The van der Waals surface area contributed by atoms with Gasteiger partial charge in [0.1, 0.15) is 0 Å². The normalized spacial score (nSPS) is 17.5. The highest BCUT2D eigenvalue weighted by molar-refractivity contribution is 5.42. The van der Waals surface area contributed by atoms with Crippen LogP contribution in [-0.2, 0) is 0 Å². The lowest BCUT2D eigenvalue weighted by molar-refractivity contribution is 1.35. The fourth-order valence-electron chi connectivity index (χ4n) is 1.38. The second-order valence-corrected chi connectivity index (χ2v) is 3.08. The Bertz CT molecular complexity index is 293. The molecule has 2 rings (SSSR count). The van der Waals surface area contributed by atoms with E-state index in [1.54, 1.807) is 0 Å². The zero-order valence-corrected chi connectivity index (χ0v) is 7.48. The van der Waals surface area contributed by atoms with Gasteiger partial charge in [0.05, 0.1) is 0 Å². The van der Waals surface area contributed by atoms with Crippen molar-refractivity contribution in [3.05, 3.63) is 71.9 Å². The van der Waals surface area contributed by atoms with E-state index in [0.29, 0.717) is 0 Å². The molecule has 2 aliphatic carbocycles. The van der Waals surface area contributed by atoms with Crippen LogP contribution in [0, 0.1) is 0 Å². The Hall–Kier alpha value is -1.56. The van der Waals surface area contributed by atoms with Gasteiger partial charge in [0.15, 0.2) is 0 Å². The standard InChI is InChI=1S/C13H12/c1-2-7-12(6-1)10-5-11-13-8-3-4-9-13/h1-4,6-11H,5H2. The number of hydrogen-bond donors (Lipinski definition) is 0. The first kappa shape index (κ1) is 8.06. The van der Waals surface area contributed by atoms with E-state index >= 15 is 0 Å². The molecule has 0 heteroatoms. The van der Waals surface area contributed by atoms with E-state index in [0.717, 1.165) is 6.42 Å². The van der Waals surface area contributed by atoms with Gasteiger partial charge in [-0.05, 0) is 17.6 Å². The molecule has 0 bridgehead atoms. The highest BCUT2D eigenvalue weighted by atomic mass is 14.0. The molecule has 0 aliphatic heterocycles. The number of rotatable bonds is 2. The van der Waals surface area contributed by atoms with Crippen molar-refractivity contribution in [1.29, 1.82) is 0 Å². The van der Waals surface area contributed by atoms with Crippen LogP contribution in [0.4, 0.5) is 0 Å². The van der Waals surface area contributed by atoms with Gasteiger partial charge in [-0.1, -0.05) is 60.8 Å². The van der Waals surface area contributed by atoms with Gasteiger partial charge in [-0.3, -0.25) is 0 Å². The summed E-state index contributed by atoms with van der Waals surface area (Å²) >= 11 is 0. The van der Waals surface area contributed by atoms with Crippen molar-refractivity contribution < 1.29 is 0 Å². The molecule has 0 fully saturated rings. The van der Waals surface area contributed by atoms with Crippen LogP contribution in [0.5, 0.6) is 0 Å². The largest absolute Gasteiger partial charge is 0.0734 e. The molecule has 0 nitrogen and oxygen atoms in total. The molecular formula is C13H12. The highest BCUT2D eigenvalue weighted by Crippen LogP contribution is 2.11. The van der Waals surface area contributed by atoms with Crippen molar-refractivity contribution in [3.63, 3.8) is 0 Å². The third kappa shape index (κ3) is 2.19. The molecule has 0 spiro atoms. The zero-order valence-electron chi connectivity index (χ0n) is 7.48. The van der Waals surface area contributed by atoms with Crippen molar-refractivity contribution in [2.45, 2.75) is 6.42 Å². The maximum absolute atomic E-state index is 2.23. The van der Waals surface area contributed by atoms with Gasteiger partial charge in [0.2, 0.25) is 0 Å². The summed E-state index contributed by atoms with van der Waals surface area (Å²) in [6, 6.07) is 0. The molecule has 0 aromatic heterocycles. The maximum Gasteiger partial charge on any atom is -0.0151 e. The van der Waals surface area contributed by atoms with E-state index in [4.69, 9.17) is 0 Å². The monoisotopic (exact) mass is 168 g/mol. The predicted molar refractivity (Wildman–Crippen MR) is 57.3 cm³/mol. The summed E-state index contributed by atoms with van der Waals surface area (Å²) in [7, 11) is 0. The molecule has 0 aromatic carbocycles. The average Bonchev–Trinajstić information content (AvgIpc) is 2.75.